The van der Waals surface area contributed by atoms with Crippen LogP contribution in [0.15, 0.2) is 59.8 Å². The lowest BCUT2D eigenvalue weighted by Crippen LogP contribution is -2.30. The summed E-state index contributed by atoms with van der Waals surface area (Å²) in [6, 6.07) is 11.2. The number of rotatable bonds is 7. The highest BCUT2D eigenvalue weighted by atomic mass is 16.2. The van der Waals surface area contributed by atoms with Gasteiger partial charge in [-0.05, 0) is 30.5 Å². The lowest BCUT2D eigenvalue weighted by Gasteiger charge is -2.13. The normalized spacial score (nSPS) is 11.2. The third-order valence-electron chi connectivity index (χ3n) is 4.51. The number of carbonyl (C=O) groups excluding carboxylic acids is 1. The van der Waals surface area contributed by atoms with Crippen LogP contribution in [-0.2, 0) is 13.1 Å². The fraction of sp³-hybridized carbons (Fsp3) is 0.333. The predicted molar refractivity (Wildman–Crippen MR) is 104 cm³/mol. The maximum atomic E-state index is 12.8. The topological polar surface area (TPSA) is 56.0 Å². The van der Waals surface area contributed by atoms with Crippen molar-refractivity contribution in [3.8, 4) is 0 Å². The highest BCUT2D eigenvalue weighted by Crippen LogP contribution is 2.16. The second kappa shape index (κ2) is 8.04. The van der Waals surface area contributed by atoms with Crippen LogP contribution in [0.5, 0.6) is 0 Å². The number of aromatic nitrogens is 2. The molecule has 3 aromatic rings. The molecule has 5 heteroatoms. The fourth-order valence-corrected chi connectivity index (χ4v) is 3.00. The average molecular weight is 351 g/mol. The predicted octanol–water partition coefficient (Wildman–Crippen LogP) is 3.28. The molecule has 0 radical (unpaired) electrons. The van der Waals surface area contributed by atoms with E-state index in [4.69, 9.17) is 0 Å². The number of pyridine rings is 1. The lowest BCUT2D eigenvalue weighted by atomic mass is 10.1. The molecule has 0 bridgehead atoms. The van der Waals surface area contributed by atoms with Crippen LogP contribution in [0.3, 0.4) is 0 Å². The van der Waals surface area contributed by atoms with Crippen LogP contribution in [0.4, 0.5) is 0 Å². The highest BCUT2D eigenvalue weighted by Gasteiger charge is 2.14. The molecule has 0 saturated heterocycles. The van der Waals surface area contributed by atoms with Gasteiger partial charge < -0.3 is 14.5 Å². The van der Waals surface area contributed by atoms with Crippen molar-refractivity contribution in [1.82, 2.24) is 14.5 Å². The first kappa shape index (κ1) is 18.0. The Balaban J connectivity index is 1.86. The van der Waals surface area contributed by atoms with Crippen molar-refractivity contribution in [2.75, 3.05) is 6.54 Å². The van der Waals surface area contributed by atoms with E-state index in [1.165, 1.54) is 0 Å². The molecule has 2 heterocycles. The van der Waals surface area contributed by atoms with E-state index in [1.807, 2.05) is 47.3 Å². The van der Waals surface area contributed by atoms with Gasteiger partial charge in [-0.15, -0.1) is 0 Å². The molecule has 5 nitrogen and oxygen atoms in total. The molecule has 0 atom stereocenters. The molecule has 1 N–H and O–H groups in total. The van der Waals surface area contributed by atoms with E-state index in [9.17, 15) is 9.59 Å². The van der Waals surface area contributed by atoms with Gasteiger partial charge in [-0.1, -0.05) is 32.0 Å². The molecule has 1 aromatic carbocycles. The van der Waals surface area contributed by atoms with Crippen LogP contribution >= 0.6 is 0 Å². The van der Waals surface area contributed by atoms with E-state index in [-0.39, 0.29) is 11.5 Å². The molecule has 2 aromatic heterocycles. The minimum atomic E-state index is -0.147. The Hall–Kier alpha value is -2.82. The number of hydrogen-bond acceptors (Lipinski definition) is 2. The summed E-state index contributed by atoms with van der Waals surface area (Å²) in [5.41, 5.74) is 0.515. The van der Waals surface area contributed by atoms with Gasteiger partial charge in [0, 0.05) is 49.0 Å². The SMILES string of the molecule is CC(C)CCn1cc(C(=O)NCCn2cccc2)c2ccccc2c1=O. The number of nitrogens with zero attached hydrogens (tertiary/aromatic N) is 2. The van der Waals surface area contributed by atoms with Crippen LogP contribution in [0.2, 0.25) is 0 Å². The zero-order valence-corrected chi connectivity index (χ0v) is 15.3. The van der Waals surface area contributed by atoms with E-state index in [1.54, 1.807) is 16.8 Å². The molecule has 0 aliphatic rings. The maximum Gasteiger partial charge on any atom is 0.258 e. The molecule has 0 aliphatic heterocycles. The van der Waals surface area contributed by atoms with Gasteiger partial charge in [0.05, 0.1) is 5.56 Å². The fourth-order valence-electron chi connectivity index (χ4n) is 3.00. The molecule has 0 aliphatic carbocycles. The van der Waals surface area contributed by atoms with Crippen LogP contribution in [0, 0.1) is 5.92 Å². The van der Waals surface area contributed by atoms with E-state index in [0.29, 0.717) is 41.9 Å². The van der Waals surface area contributed by atoms with Crippen molar-refractivity contribution in [3.63, 3.8) is 0 Å². The van der Waals surface area contributed by atoms with Crippen molar-refractivity contribution in [2.45, 2.75) is 33.4 Å². The summed E-state index contributed by atoms with van der Waals surface area (Å²) >= 11 is 0. The molecule has 1 amide bonds. The summed E-state index contributed by atoms with van der Waals surface area (Å²) in [4.78, 5) is 25.5. The van der Waals surface area contributed by atoms with Crippen LogP contribution in [-0.4, -0.2) is 21.6 Å². The second-order valence-corrected chi connectivity index (χ2v) is 6.95. The summed E-state index contributed by atoms with van der Waals surface area (Å²) in [7, 11) is 0. The number of fused-ring (bicyclic) bond motifs is 1. The first-order valence-electron chi connectivity index (χ1n) is 9.07. The summed E-state index contributed by atoms with van der Waals surface area (Å²) in [5.74, 6) is 0.346. The van der Waals surface area contributed by atoms with Crippen LogP contribution < -0.4 is 10.9 Å². The number of benzene rings is 1. The summed E-state index contributed by atoms with van der Waals surface area (Å²) < 4.78 is 3.69. The summed E-state index contributed by atoms with van der Waals surface area (Å²) in [6.45, 7) is 6.11. The van der Waals surface area contributed by atoms with Crippen molar-refractivity contribution in [2.24, 2.45) is 5.92 Å². The molecule has 0 saturated carbocycles. The third-order valence-corrected chi connectivity index (χ3v) is 4.51. The molecule has 26 heavy (non-hydrogen) atoms. The molecular formula is C21H25N3O2. The number of nitrogens with one attached hydrogen (secondary N) is 1. The van der Waals surface area contributed by atoms with E-state index in [2.05, 4.69) is 19.2 Å². The molecule has 3 rings (SSSR count). The first-order chi connectivity index (χ1) is 12.6. The minimum Gasteiger partial charge on any atom is -0.353 e. The van der Waals surface area contributed by atoms with Crippen molar-refractivity contribution in [3.05, 3.63) is 70.9 Å². The number of carbonyl (C=O) groups is 1. The Morgan fingerprint density at radius 3 is 2.42 bits per heavy atom. The van der Waals surface area contributed by atoms with Crippen molar-refractivity contribution in [1.29, 1.82) is 0 Å². The second-order valence-electron chi connectivity index (χ2n) is 6.95. The van der Waals surface area contributed by atoms with Gasteiger partial charge in [0.1, 0.15) is 0 Å². The quantitative estimate of drug-likeness (QED) is 0.710. The Labute approximate surface area is 153 Å². The van der Waals surface area contributed by atoms with Gasteiger partial charge >= 0.3 is 0 Å². The van der Waals surface area contributed by atoms with Crippen molar-refractivity contribution >= 4 is 16.7 Å². The van der Waals surface area contributed by atoms with E-state index >= 15 is 0 Å². The molecule has 0 fully saturated rings. The first-order valence-corrected chi connectivity index (χ1v) is 9.07. The minimum absolute atomic E-state index is 0.0369. The monoisotopic (exact) mass is 351 g/mol. The Kier molecular flexibility index (Phi) is 5.56. The zero-order chi connectivity index (χ0) is 18.5. The summed E-state index contributed by atoms with van der Waals surface area (Å²) in [6.07, 6.45) is 6.53. The van der Waals surface area contributed by atoms with E-state index in [0.717, 1.165) is 6.42 Å². The van der Waals surface area contributed by atoms with Crippen LogP contribution in [0.1, 0.15) is 30.6 Å². The largest absolute Gasteiger partial charge is 0.353 e. The van der Waals surface area contributed by atoms with Crippen molar-refractivity contribution < 1.29 is 4.79 Å². The van der Waals surface area contributed by atoms with Crippen LogP contribution in [0.25, 0.3) is 10.8 Å². The number of hydrogen-bond donors (Lipinski definition) is 1. The Bertz CT molecular complexity index is 940. The third kappa shape index (κ3) is 4.04. The molecule has 136 valence electrons. The molecular weight excluding hydrogens is 326 g/mol. The maximum absolute atomic E-state index is 12.8. The van der Waals surface area contributed by atoms with Gasteiger partial charge in [0.25, 0.3) is 11.5 Å². The Morgan fingerprint density at radius 1 is 1.04 bits per heavy atom. The average Bonchev–Trinajstić information content (AvgIpc) is 3.14. The smallest absolute Gasteiger partial charge is 0.258 e. The summed E-state index contributed by atoms with van der Waals surface area (Å²) in [5, 5.41) is 4.26. The van der Waals surface area contributed by atoms with Gasteiger partial charge in [-0.25, -0.2) is 0 Å². The number of aryl methyl sites for hydroxylation is 1. The molecule has 0 unspecified atom stereocenters. The zero-order valence-electron chi connectivity index (χ0n) is 15.3. The molecule has 0 spiro atoms. The van der Waals surface area contributed by atoms with Gasteiger partial charge in [-0.2, -0.15) is 0 Å². The van der Waals surface area contributed by atoms with Gasteiger partial charge in [-0.3, -0.25) is 9.59 Å². The number of amides is 1. The highest BCUT2D eigenvalue weighted by molar-refractivity contribution is 6.06. The van der Waals surface area contributed by atoms with Gasteiger partial charge in [0.15, 0.2) is 0 Å². The Morgan fingerprint density at radius 2 is 1.73 bits per heavy atom. The van der Waals surface area contributed by atoms with E-state index < -0.39 is 0 Å². The van der Waals surface area contributed by atoms with Gasteiger partial charge in [0.2, 0.25) is 0 Å². The standard InChI is InChI=1S/C21H25N3O2/c1-16(2)9-13-24-15-19(17-7-3-4-8-18(17)21(24)26)20(25)22-10-14-23-11-5-6-12-23/h3-8,11-12,15-16H,9-10,13-14H2,1-2H3,(H,22,25). The lowest BCUT2D eigenvalue weighted by molar-refractivity contribution is 0.0953.